The van der Waals surface area contributed by atoms with Gasteiger partial charge in [-0.25, -0.2) is 9.91 Å². The number of ether oxygens (including phenoxy) is 1. The van der Waals surface area contributed by atoms with Crippen LogP contribution in [0.5, 0.6) is 5.75 Å². The summed E-state index contributed by atoms with van der Waals surface area (Å²) in [5, 5.41) is 0.989. The third kappa shape index (κ3) is 5.12. The van der Waals surface area contributed by atoms with Crippen molar-refractivity contribution >= 4 is 29.3 Å². The molecule has 184 valence electrons. The first-order valence-electron chi connectivity index (χ1n) is 11.5. The van der Waals surface area contributed by atoms with Crippen LogP contribution in [0.1, 0.15) is 33.5 Å². The van der Waals surface area contributed by atoms with Gasteiger partial charge in [0.1, 0.15) is 11.8 Å². The van der Waals surface area contributed by atoms with Crippen LogP contribution >= 0.6 is 0 Å². The molecule has 4 amide bonds. The first-order chi connectivity index (χ1) is 17.3. The topological polar surface area (TPSA) is 96.0 Å². The molecule has 3 aromatic rings. The monoisotopic (exact) mass is 485 g/mol. The molecule has 1 saturated heterocycles. The number of aryl methyl sites for hydroxylation is 2. The molecule has 0 spiro atoms. The van der Waals surface area contributed by atoms with E-state index in [1.807, 2.05) is 44.2 Å². The van der Waals surface area contributed by atoms with Crippen LogP contribution in [0.15, 0.2) is 72.8 Å². The Kier molecular flexibility index (Phi) is 7.15. The van der Waals surface area contributed by atoms with E-state index in [1.54, 1.807) is 42.5 Å². The minimum absolute atomic E-state index is 0.00269. The van der Waals surface area contributed by atoms with Crippen LogP contribution < -0.4 is 15.1 Å². The smallest absolute Gasteiger partial charge is 0.273 e. The number of rotatable bonds is 6. The summed E-state index contributed by atoms with van der Waals surface area (Å²) in [6, 6.07) is 19.8. The molecule has 0 aromatic heterocycles. The Balaban J connectivity index is 1.67. The van der Waals surface area contributed by atoms with E-state index in [1.165, 1.54) is 7.11 Å². The van der Waals surface area contributed by atoms with E-state index >= 15 is 0 Å². The van der Waals surface area contributed by atoms with Crippen molar-refractivity contribution in [2.45, 2.75) is 32.7 Å². The first kappa shape index (κ1) is 24.7. The molecular formula is C28H27N3O5. The van der Waals surface area contributed by atoms with Crippen molar-refractivity contribution in [1.82, 2.24) is 10.4 Å². The number of carbonyl (C=O) groups is 4. The van der Waals surface area contributed by atoms with Crippen LogP contribution in [0.25, 0.3) is 0 Å². The molecule has 1 fully saturated rings. The average Bonchev–Trinajstić information content (AvgIpc) is 3.16. The fourth-order valence-corrected chi connectivity index (χ4v) is 4.19. The van der Waals surface area contributed by atoms with Crippen LogP contribution in [0.4, 0.5) is 5.69 Å². The fraction of sp³-hybridized carbons (Fsp3) is 0.214. The number of methoxy groups -OCH3 is 1. The van der Waals surface area contributed by atoms with Crippen LogP contribution in [-0.4, -0.2) is 41.8 Å². The lowest BCUT2D eigenvalue weighted by molar-refractivity contribution is -0.128. The predicted molar refractivity (Wildman–Crippen MR) is 134 cm³/mol. The Hall–Kier alpha value is -4.46. The van der Waals surface area contributed by atoms with Gasteiger partial charge in [0.2, 0.25) is 11.8 Å². The second kappa shape index (κ2) is 10.4. The highest BCUT2D eigenvalue weighted by molar-refractivity contribution is 6.24. The Bertz CT molecular complexity index is 1320. The molecule has 0 saturated carbocycles. The van der Waals surface area contributed by atoms with Crippen molar-refractivity contribution < 1.29 is 23.9 Å². The second-order valence-electron chi connectivity index (χ2n) is 8.70. The molecular weight excluding hydrogens is 458 g/mol. The first-order valence-corrected chi connectivity index (χ1v) is 11.5. The summed E-state index contributed by atoms with van der Waals surface area (Å²) >= 11 is 0. The standard InChI is InChI=1S/C28H27N3O5/c1-18-8-7-11-21(14-18)27(34)31(29-25(32)16-20-9-5-4-6-10-20)23-17-26(33)30(28(23)35)22-15-19(2)12-13-24(22)36-3/h4-15,23H,16-17H2,1-3H3,(H,29,32). The highest BCUT2D eigenvalue weighted by Crippen LogP contribution is 2.34. The SMILES string of the molecule is COc1ccc(C)cc1N1C(=O)CC(N(NC(=O)Cc2ccccc2)C(=O)c2cccc(C)c2)C1=O. The Morgan fingerprint density at radius 1 is 0.972 bits per heavy atom. The van der Waals surface area contributed by atoms with Crippen molar-refractivity contribution in [3.05, 3.63) is 95.1 Å². The molecule has 1 unspecified atom stereocenters. The molecule has 0 bridgehead atoms. The largest absolute Gasteiger partial charge is 0.495 e. The lowest BCUT2D eigenvalue weighted by Crippen LogP contribution is -2.55. The third-order valence-electron chi connectivity index (χ3n) is 5.95. The zero-order valence-electron chi connectivity index (χ0n) is 20.4. The molecule has 8 heteroatoms. The van der Waals surface area contributed by atoms with Crippen LogP contribution in [0.3, 0.4) is 0 Å². The van der Waals surface area contributed by atoms with Crippen molar-refractivity contribution in [2.24, 2.45) is 0 Å². The minimum atomic E-state index is -1.21. The molecule has 0 radical (unpaired) electrons. The van der Waals surface area contributed by atoms with Gasteiger partial charge in [-0.05, 0) is 49.2 Å². The van der Waals surface area contributed by atoms with Gasteiger partial charge >= 0.3 is 0 Å². The normalized spacial score (nSPS) is 15.1. The Morgan fingerprint density at radius 2 is 1.69 bits per heavy atom. The van der Waals surface area contributed by atoms with E-state index in [9.17, 15) is 19.2 Å². The zero-order chi connectivity index (χ0) is 25.8. The molecule has 4 rings (SSSR count). The lowest BCUT2D eigenvalue weighted by atomic mass is 10.1. The lowest BCUT2D eigenvalue weighted by Gasteiger charge is -2.28. The van der Waals surface area contributed by atoms with Gasteiger partial charge in [-0.15, -0.1) is 0 Å². The molecule has 8 nitrogen and oxygen atoms in total. The van der Waals surface area contributed by atoms with E-state index in [0.29, 0.717) is 17.0 Å². The van der Waals surface area contributed by atoms with Crippen molar-refractivity contribution in [3.63, 3.8) is 0 Å². The highest BCUT2D eigenvalue weighted by Gasteiger charge is 2.46. The summed E-state index contributed by atoms with van der Waals surface area (Å²) in [4.78, 5) is 54.2. The second-order valence-corrected chi connectivity index (χ2v) is 8.70. The maximum Gasteiger partial charge on any atom is 0.273 e. The minimum Gasteiger partial charge on any atom is -0.495 e. The van der Waals surface area contributed by atoms with Gasteiger partial charge in [0.25, 0.3) is 11.8 Å². The van der Waals surface area contributed by atoms with Gasteiger partial charge in [0.15, 0.2) is 0 Å². The van der Waals surface area contributed by atoms with Crippen molar-refractivity contribution in [1.29, 1.82) is 0 Å². The van der Waals surface area contributed by atoms with Crippen molar-refractivity contribution in [2.75, 3.05) is 12.0 Å². The summed E-state index contributed by atoms with van der Waals surface area (Å²) in [5.41, 5.74) is 5.62. The molecule has 1 atom stereocenters. The summed E-state index contributed by atoms with van der Waals surface area (Å²) in [5.74, 6) is -1.82. The fourth-order valence-electron chi connectivity index (χ4n) is 4.19. The molecule has 1 aliphatic heterocycles. The molecule has 0 aliphatic carbocycles. The number of hydrogen-bond donors (Lipinski definition) is 1. The molecule has 36 heavy (non-hydrogen) atoms. The van der Waals surface area contributed by atoms with Gasteiger partial charge in [-0.3, -0.25) is 24.6 Å². The number of nitrogens with one attached hydrogen (secondary N) is 1. The number of amides is 4. The summed E-state index contributed by atoms with van der Waals surface area (Å²) in [6.07, 6.45) is -0.276. The molecule has 1 aliphatic rings. The van der Waals surface area contributed by atoms with E-state index in [4.69, 9.17) is 4.74 Å². The molecule has 1 N–H and O–H groups in total. The van der Waals surface area contributed by atoms with Crippen LogP contribution in [-0.2, 0) is 20.8 Å². The third-order valence-corrected chi connectivity index (χ3v) is 5.95. The number of hydrazine groups is 1. The Labute approximate surface area is 209 Å². The summed E-state index contributed by atoms with van der Waals surface area (Å²) in [6.45, 7) is 3.67. The van der Waals surface area contributed by atoms with Gasteiger partial charge < -0.3 is 4.74 Å². The van der Waals surface area contributed by atoms with E-state index in [0.717, 1.165) is 26.6 Å². The van der Waals surface area contributed by atoms with Gasteiger partial charge in [-0.1, -0.05) is 54.1 Å². The van der Waals surface area contributed by atoms with Crippen molar-refractivity contribution in [3.8, 4) is 5.75 Å². The van der Waals surface area contributed by atoms with Crippen LogP contribution in [0.2, 0.25) is 0 Å². The van der Waals surface area contributed by atoms with E-state index < -0.39 is 29.7 Å². The average molecular weight is 486 g/mol. The number of benzene rings is 3. The molecule has 3 aromatic carbocycles. The number of anilines is 1. The quantitative estimate of drug-likeness (QED) is 0.427. The number of hydrogen-bond acceptors (Lipinski definition) is 5. The molecule has 1 heterocycles. The predicted octanol–water partition coefficient (Wildman–Crippen LogP) is 3.36. The van der Waals surface area contributed by atoms with Gasteiger partial charge in [-0.2, -0.15) is 0 Å². The number of carbonyl (C=O) groups excluding carboxylic acids is 4. The zero-order valence-corrected chi connectivity index (χ0v) is 20.4. The Morgan fingerprint density at radius 3 is 2.39 bits per heavy atom. The highest BCUT2D eigenvalue weighted by atomic mass is 16.5. The van der Waals surface area contributed by atoms with Gasteiger partial charge in [0.05, 0.1) is 25.6 Å². The maximum atomic E-state index is 13.6. The van der Waals surface area contributed by atoms with Crippen LogP contribution in [0, 0.1) is 13.8 Å². The summed E-state index contributed by atoms with van der Waals surface area (Å²) in [7, 11) is 1.45. The summed E-state index contributed by atoms with van der Waals surface area (Å²) < 4.78 is 5.37. The number of nitrogens with zero attached hydrogens (tertiary/aromatic N) is 2. The van der Waals surface area contributed by atoms with Gasteiger partial charge in [0, 0.05) is 5.56 Å². The number of imide groups is 1. The van der Waals surface area contributed by atoms with E-state index in [-0.39, 0.29) is 12.8 Å². The van der Waals surface area contributed by atoms with E-state index in [2.05, 4.69) is 5.43 Å². The maximum absolute atomic E-state index is 13.6.